The Kier molecular flexibility index (Phi) is 6.56. The molecule has 0 spiro atoms. The molecular weight excluding hydrogens is 318 g/mol. The number of hydrogen-bond donors (Lipinski definition) is 2. The molecule has 3 amide bonds. The molecule has 0 radical (unpaired) electrons. The van der Waals surface area contributed by atoms with Crippen molar-refractivity contribution in [2.45, 2.75) is 46.2 Å². The number of benzene rings is 1. The summed E-state index contributed by atoms with van der Waals surface area (Å²) < 4.78 is 0. The van der Waals surface area contributed by atoms with Crippen molar-refractivity contribution in [2.24, 2.45) is 5.92 Å². The van der Waals surface area contributed by atoms with Crippen LogP contribution in [0.15, 0.2) is 24.3 Å². The molecule has 0 saturated carbocycles. The summed E-state index contributed by atoms with van der Waals surface area (Å²) >= 11 is 0. The third-order valence-electron chi connectivity index (χ3n) is 4.64. The maximum absolute atomic E-state index is 12.2. The summed E-state index contributed by atoms with van der Waals surface area (Å²) in [6.07, 6.45) is 1.17. The highest BCUT2D eigenvalue weighted by Crippen LogP contribution is 2.17. The van der Waals surface area contributed by atoms with Crippen LogP contribution in [0, 0.1) is 5.92 Å². The highest BCUT2D eigenvalue weighted by atomic mass is 16.2. The molecule has 136 valence electrons. The third kappa shape index (κ3) is 5.05. The Labute approximate surface area is 149 Å². The van der Waals surface area contributed by atoms with E-state index in [1.54, 1.807) is 17.0 Å². The number of amides is 3. The lowest BCUT2D eigenvalue weighted by atomic mass is 10.1. The lowest BCUT2D eigenvalue weighted by molar-refractivity contribution is -0.128. The minimum atomic E-state index is -0.270. The number of likely N-dealkylation sites (tertiary alicyclic amines) is 1. The number of hydrogen-bond acceptors (Lipinski definition) is 3. The van der Waals surface area contributed by atoms with Gasteiger partial charge in [0.05, 0.1) is 5.92 Å². The molecule has 1 aliphatic heterocycles. The predicted molar refractivity (Wildman–Crippen MR) is 95.9 cm³/mol. The summed E-state index contributed by atoms with van der Waals surface area (Å²) in [6, 6.07) is 7.34. The second-order valence-corrected chi connectivity index (χ2v) is 6.53. The minimum absolute atomic E-state index is 0.0410. The molecule has 0 aliphatic carbocycles. The Morgan fingerprint density at radius 1 is 1.24 bits per heavy atom. The second kappa shape index (κ2) is 8.65. The van der Waals surface area contributed by atoms with Gasteiger partial charge in [0.1, 0.15) is 0 Å². The molecule has 25 heavy (non-hydrogen) atoms. The average Bonchev–Trinajstić information content (AvgIpc) is 3.00. The van der Waals surface area contributed by atoms with Crippen LogP contribution in [0.25, 0.3) is 0 Å². The molecule has 1 heterocycles. The molecule has 2 rings (SSSR count). The van der Waals surface area contributed by atoms with Crippen LogP contribution in [-0.4, -0.2) is 41.8 Å². The molecule has 1 saturated heterocycles. The van der Waals surface area contributed by atoms with Gasteiger partial charge in [0.2, 0.25) is 11.8 Å². The van der Waals surface area contributed by atoms with E-state index in [9.17, 15) is 14.4 Å². The van der Waals surface area contributed by atoms with E-state index < -0.39 is 0 Å². The normalized spacial score (nSPS) is 18.1. The highest BCUT2D eigenvalue weighted by Gasteiger charge is 2.33. The molecule has 0 bridgehead atoms. The van der Waals surface area contributed by atoms with Gasteiger partial charge < -0.3 is 15.5 Å². The molecule has 0 unspecified atom stereocenters. The van der Waals surface area contributed by atoms with E-state index in [0.717, 1.165) is 12.0 Å². The molecule has 0 aromatic heterocycles. The first-order valence-corrected chi connectivity index (χ1v) is 8.89. The first-order chi connectivity index (χ1) is 11.9. The predicted octanol–water partition coefficient (Wildman–Crippen LogP) is 1.70. The van der Waals surface area contributed by atoms with Crippen molar-refractivity contribution in [3.63, 3.8) is 0 Å². The van der Waals surface area contributed by atoms with Gasteiger partial charge in [-0.1, -0.05) is 19.1 Å². The van der Waals surface area contributed by atoms with Crippen LogP contribution in [0.5, 0.6) is 0 Å². The summed E-state index contributed by atoms with van der Waals surface area (Å²) in [7, 11) is 0. The lowest BCUT2D eigenvalue weighted by Crippen LogP contribution is -2.33. The van der Waals surface area contributed by atoms with Gasteiger partial charge in [-0.3, -0.25) is 14.4 Å². The molecule has 1 aromatic rings. The smallest absolute Gasteiger partial charge is 0.251 e. The Morgan fingerprint density at radius 3 is 2.48 bits per heavy atom. The summed E-state index contributed by atoms with van der Waals surface area (Å²) in [5.41, 5.74) is 1.53. The van der Waals surface area contributed by atoms with Crippen molar-refractivity contribution in [1.82, 2.24) is 15.5 Å². The summed E-state index contributed by atoms with van der Waals surface area (Å²) in [4.78, 5) is 37.6. The van der Waals surface area contributed by atoms with Crippen molar-refractivity contribution < 1.29 is 14.4 Å². The SMILES string of the molecule is CC[C@H](C)NC(=O)c1ccc(CNC(=O)[C@H]2CC(=O)N(CC)C2)cc1. The monoisotopic (exact) mass is 345 g/mol. The highest BCUT2D eigenvalue weighted by molar-refractivity contribution is 5.94. The minimum Gasteiger partial charge on any atom is -0.352 e. The molecule has 6 heteroatoms. The van der Waals surface area contributed by atoms with Gasteiger partial charge in [-0.05, 0) is 38.0 Å². The maximum Gasteiger partial charge on any atom is 0.251 e. The van der Waals surface area contributed by atoms with Crippen molar-refractivity contribution in [3.05, 3.63) is 35.4 Å². The van der Waals surface area contributed by atoms with E-state index in [-0.39, 0.29) is 36.1 Å². The van der Waals surface area contributed by atoms with E-state index in [2.05, 4.69) is 10.6 Å². The first kappa shape index (κ1) is 19.0. The van der Waals surface area contributed by atoms with Crippen molar-refractivity contribution in [3.8, 4) is 0 Å². The zero-order valence-electron chi connectivity index (χ0n) is 15.2. The first-order valence-electron chi connectivity index (χ1n) is 8.89. The lowest BCUT2D eigenvalue weighted by Gasteiger charge is -2.14. The topological polar surface area (TPSA) is 78.5 Å². The number of rotatable bonds is 7. The Bertz CT molecular complexity index is 627. The fourth-order valence-electron chi connectivity index (χ4n) is 2.77. The van der Waals surface area contributed by atoms with Crippen LogP contribution in [-0.2, 0) is 16.1 Å². The summed E-state index contributed by atoms with van der Waals surface area (Å²) in [6.45, 7) is 7.43. The summed E-state index contributed by atoms with van der Waals surface area (Å²) in [5.74, 6) is -0.413. The third-order valence-corrected chi connectivity index (χ3v) is 4.64. The molecule has 2 N–H and O–H groups in total. The van der Waals surface area contributed by atoms with Gasteiger partial charge in [0.15, 0.2) is 0 Å². The zero-order chi connectivity index (χ0) is 18.4. The van der Waals surface area contributed by atoms with Gasteiger partial charge >= 0.3 is 0 Å². The van der Waals surface area contributed by atoms with Crippen LogP contribution in [0.4, 0.5) is 0 Å². The van der Waals surface area contributed by atoms with Crippen LogP contribution in [0.3, 0.4) is 0 Å². The largest absolute Gasteiger partial charge is 0.352 e. The fourth-order valence-corrected chi connectivity index (χ4v) is 2.77. The standard InChI is InChI=1S/C19H27N3O3/c1-4-13(3)21-19(25)15-8-6-14(7-9-15)11-20-18(24)16-10-17(23)22(5-2)12-16/h6-9,13,16H,4-5,10-12H2,1-3H3,(H,20,24)(H,21,25)/t13-,16-/m0/s1. The molecule has 1 aliphatic rings. The van der Waals surface area contributed by atoms with Gasteiger partial charge in [-0.25, -0.2) is 0 Å². The van der Waals surface area contributed by atoms with E-state index in [1.165, 1.54) is 0 Å². The van der Waals surface area contributed by atoms with Gasteiger partial charge in [-0.2, -0.15) is 0 Å². The molecule has 1 fully saturated rings. The maximum atomic E-state index is 12.2. The molecular formula is C19H27N3O3. The number of carbonyl (C=O) groups is 3. The Morgan fingerprint density at radius 2 is 1.92 bits per heavy atom. The number of nitrogens with one attached hydrogen (secondary N) is 2. The number of nitrogens with zero attached hydrogens (tertiary/aromatic N) is 1. The van der Waals surface area contributed by atoms with E-state index in [4.69, 9.17) is 0 Å². The van der Waals surface area contributed by atoms with E-state index in [1.807, 2.05) is 32.9 Å². The van der Waals surface area contributed by atoms with E-state index >= 15 is 0 Å². The average molecular weight is 345 g/mol. The van der Waals surface area contributed by atoms with Crippen LogP contribution in [0.1, 0.15) is 49.5 Å². The van der Waals surface area contributed by atoms with Crippen molar-refractivity contribution >= 4 is 17.7 Å². The van der Waals surface area contributed by atoms with Crippen LogP contribution >= 0.6 is 0 Å². The molecule has 6 nitrogen and oxygen atoms in total. The Balaban J connectivity index is 1.84. The van der Waals surface area contributed by atoms with Crippen LogP contribution in [0.2, 0.25) is 0 Å². The second-order valence-electron chi connectivity index (χ2n) is 6.53. The van der Waals surface area contributed by atoms with Crippen molar-refractivity contribution in [2.75, 3.05) is 13.1 Å². The Hall–Kier alpha value is -2.37. The van der Waals surface area contributed by atoms with E-state index in [0.29, 0.717) is 25.2 Å². The van der Waals surface area contributed by atoms with Gasteiger partial charge in [0, 0.05) is 37.7 Å². The summed E-state index contributed by atoms with van der Waals surface area (Å²) in [5, 5.41) is 5.80. The quantitative estimate of drug-likeness (QED) is 0.789. The molecule has 1 aromatic carbocycles. The number of carbonyl (C=O) groups excluding carboxylic acids is 3. The van der Waals surface area contributed by atoms with Gasteiger partial charge in [0.25, 0.3) is 5.91 Å². The fraction of sp³-hybridized carbons (Fsp3) is 0.526. The van der Waals surface area contributed by atoms with Gasteiger partial charge in [-0.15, -0.1) is 0 Å². The van der Waals surface area contributed by atoms with Crippen molar-refractivity contribution in [1.29, 1.82) is 0 Å². The van der Waals surface area contributed by atoms with Crippen LogP contribution < -0.4 is 10.6 Å². The molecule has 2 atom stereocenters. The zero-order valence-corrected chi connectivity index (χ0v) is 15.2.